The molecule has 0 fully saturated rings. The molecule has 2 aromatic carbocycles. The molecule has 0 amide bonds. The summed E-state index contributed by atoms with van der Waals surface area (Å²) in [5.41, 5.74) is 10.6. The van der Waals surface area contributed by atoms with E-state index in [-0.39, 0.29) is 58.3 Å². The molecule has 0 aliphatic heterocycles. The molecule has 0 unspecified atom stereocenters. The largest absolute Gasteiger partial charge is 2.00 e. The van der Waals surface area contributed by atoms with Crippen LogP contribution in [-0.4, -0.2) is 47.8 Å². The molecule has 3 rings (SSSR count). The summed E-state index contributed by atoms with van der Waals surface area (Å²) in [5, 5.41) is 5.96. The topological polar surface area (TPSA) is 48.4 Å². The summed E-state index contributed by atoms with van der Waals surface area (Å²) in [6.45, 7) is 3.50. The molecule has 3 aromatic rings. The molecule has 0 saturated carbocycles. The predicted molar refractivity (Wildman–Crippen MR) is 117 cm³/mol. The van der Waals surface area contributed by atoms with Gasteiger partial charge in [0.25, 0.3) is 0 Å². The molecule has 5 nitrogen and oxygen atoms in total. The number of hydrogen-bond donors (Lipinski definition) is 2. The molecule has 1 heterocycles. The van der Waals surface area contributed by atoms with E-state index in [1.807, 2.05) is 0 Å². The van der Waals surface area contributed by atoms with E-state index in [1.165, 1.54) is 33.2 Å². The van der Waals surface area contributed by atoms with Crippen LogP contribution in [0.5, 0.6) is 0 Å². The minimum atomic E-state index is 0. The fourth-order valence-electron chi connectivity index (χ4n) is 3.46. The average molecular weight is 668 g/mol. The Kier molecular flexibility index (Phi) is 15.8. The van der Waals surface area contributed by atoms with E-state index < -0.39 is 0 Å². The molecule has 31 heavy (non-hydrogen) atoms. The second-order valence-corrected chi connectivity index (χ2v) is 7.46. The van der Waals surface area contributed by atoms with Crippen molar-refractivity contribution in [1.29, 1.82) is 0 Å². The van der Waals surface area contributed by atoms with E-state index in [0.29, 0.717) is 6.54 Å². The second kappa shape index (κ2) is 15.1. The van der Waals surface area contributed by atoms with Crippen LogP contribution in [-0.2, 0) is 27.6 Å². The van der Waals surface area contributed by atoms with Crippen LogP contribution in [0, 0.1) is 0 Å². The van der Waals surface area contributed by atoms with E-state index >= 15 is 0 Å². The second-order valence-electron chi connectivity index (χ2n) is 7.46. The standard InChI is InChI=1S/C22H32N5.3ClH.Pt/c1-25(2)19-8-6-17-14-18-7-9-20(26(3)4)16-22(18)27(21(17)15-19)13-5-11-24-12-10-23;;;;/h6-9,14-16,24H,5,10-13,23H2,1-4H3;3*1H;/q+1;;;;+2/p-3. The van der Waals surface area contributed by atoms with Gasteiger partial charge in [-0.05, 0) is 30.3 Å². The van der Waals surface area contributed by atoms with Crippen molar-refractivity contribution < 1.29 is 62.9 Å². The Balaban J connectivity index is 0. The normalized spacial score (nSPS) is 9.84. The summed E-state index contributed by atoms with van der Waals surface area (Å²) in [7, 11) is 8.36. The van der Waals surface area contributed by atoms with Gasteiger partial charge in [-0.3, -0.25) is 0 Å². The number of nitrogens with one attached hydrogen (secondary N) is 1. The number of aromatic nitrogens is 1. The molecular weight excluding hydrogens is 636 g/mol. The molecule has 9 heteroatoms. The van der Waals surface area contributed by atoms with Crippen LogP contribution >= 0.6 is 0 Å². The SMILES string of the molecule is CN(C)c1ccc2cc3ccc(N(C)C)cc3[n+](CCCNCCN)c2c1.[Cl-].[Cl-].[Cl-].[Pt+2]. The third-order valence-electron chi connectivity index (χ3n) is 5.01. The van der Waals surface area contributed by atoms with Crippen molar-refractivity contribution in [2.75, 3.05) is 57.6 Å². The van der Waals surface area contributed by atoms with Gasteiger partial charge in [-0.1, -0.05) is 0 Å². The van der Waals surface area contributed by atoms with Gasteiger partial charge in [0.2, 0.25) is 11.0 Å². The number of rotatable bonds is 8. The Morgan fingerprint density at radius 1 is 0.774 bits per heavy atom. The molecular formula is C22H32Cl3N5Pt. The Labute approximate surface area is 219 Å². The van der Waals surface area contributed by atoms with Crippen molar-refractivity contribution in [1.82, 2.24) is 5.32 Å². The summed E-state index contributed by atoms with van der Waals surface area (Å²) < 4.78 is 2.47. The van der Waals surface area contributed by atoms with E-state index in [0.717, 1.165) is 26.1 Å². The molecule has 176 valence electrons. The molecule has 0 aliphatic carbocycles. The van der Waals surface area contributed by atoms with Gasteiger partial charge >= 0.3 is 21.1 Å². The molecule has 0 bridgehead atoms. The summed E-state index contributed by atoms with van der Waals surface area (Å²) in [6.07, 6.45) is 1.07. The summed E-state index contributed by atoms with van der Waals surface area (Å²) in [4.78, 5) is 4.32. The van der Waals surface area contributed by atoms with Crippen molar-refractivity contribution in [3.05, 3.63) is 42.5 Å². The summed E-state index contributed by atoms with van der Waals surface area (Å²) in [6, 6.07) is 15.7. The monoisotopic (exact) mass is 666 g/mol. The van der Waals surface area contributed by atoms with Crippen LogP contribution < -0.4 is 62.6 Å². The maximum Gasteiger partial charge on any atom is 2.00 e. The van der Waals surface area contributed by atoms with E-state index in [1.54, 1.807) is 0 Å². The minimum absolute atomic E-state index is 0. The average Bonchev–Trinajstić information content (AvgIpc) is 2.66. The number of halogens is 3. The molecule has 3 N–H and O–H groups in total. The third kappa shape index (κ3) is 7.92. The smallest absolute Gasteiger partial charge is 1.00 e. The first kappa shape index (κ1) is 32.4. The Hall–Kier alpha value is -0.812. The fraction of sp³-hybridized carbons (Fsp3) is 0.409. The number of hydrogen-bond acceptors (Lipinski definition) is 4. The van der Waals surface area contributed by atoms with Crippen LogP contribution in [0.25, 0.3) is 21.8 Å². The molecule has 1 aromatic heterocycles. The van der Waals surface area contributed by atoms with Gasteiger partial charge in [-0.2, -0.15) is 4.57 Å². The van der Waals surface area contributed by atoms with Gasteiger partial charge in [0.05, 0.1) is 0 Å². The van der Waals surface area contributed by atoms with Gasteiger partial charge in [-0.15, -0.1) is 0 Å². The van der Waals surface area contributed by atoms with E-state index in [2.05, 4.69) is 90.3 Å². The van der Waals surface area contributed by atoms with E-state index in [9.17, 15) is 0 Å². The predicted octanol–water partition coefficient (Wildman–Crippen LogP) is -6.64. The summed E-state index contributed by atoms with van der Waals surface area (Å²) >= 11 is 0. The van der Waals surface area contributed by atoms with Crippen LogP contribution in [0.3, 0.4) is 0 Å². The molecule has 0 aliphatic rings. The number of nitrogens with two attached hydrogens (primary N) is 1. The third-order valence-corrected chi connectivity index (χ3v) is 5.01. The fourth-order valence-corrected chi connectivity index (χ4v) is 3.46. The number of anilines is 2. The van der Waals surface area contributed by atoms with Gasteiger partial charge in [0.15, 0.2) is 6.54 Å². The zero-order valence-corrected chi connectivity index (χ0v) is 23.0. The van der Waals surface area contributed by atoms with Crippen LogP contribution in [0.4, 0.5) is 11.4 Å². The van der Waals surface area contributed by atoms with Crippen molar-refractivity contribution >= 4 is 33.2 Å². The zero-order chi connectivity index (χ0) is 19.4. The molecule has 0 atom stereocenters. The first-order valence-corrected chi connectivity index (χ1v) is 9.67. The van der Waals surface area contributed by atoms with Gasteiger partial charge in [0.1, 0.15) is 0 Å². The maximum absolute atomic E-state index is 5.58. The molecule has 0 spiro atoms. The van der Waals surface area contributed by atoms with Crippen molar-refractivity contribution in [2.45, 2.75) is 13.0 Å². The van der Waals surface area contributed by atoms with Crippen LogP contribution in [0.15, 0.2) is 42.5 Å². The Morgan fingerprint density at radius 3 is 1.68 bits per heavy atom. The molecule has 0 saturated heterocycles. The first-order chi connectivity index (χ1) is 13.0. The molecule has 0 radical (unpaired) electrons. The van der Waals surface area contributed by atoms with Crippen molar-refractivity contribution in [3.8, 4) is 0 Å². The Bertz CT molecular complexity index is 872. The Morgan fingerprint density at radius 2 is 1.26 bits per heavy atom. The number of nitrogens with zero attached hydrogens (tertiary/aromatic N) is 3. The van der Waals surface area contributed by atoms with Gasteiger partial charge < -0.3 is 58.1 Å². The van der Waals surface area contributed by atoms with Gasteiger partial charge in [0, 0.05) is 88.5 Å². The number of fused-ring (bicyclic) bond motifs is 2. The number of aryl methyl sites for hydroxylation is 1. The number of benzene rings is 2. The van der Waals surface area contributed by atoms with Crippen LogP contribution in [0.2, 0.25) is 0 Å². The zero-order valence-electron chi connectivity index (χ0n) is 18.4. The van der Waals surface area contributed by atoms with Gasteiger partial charge in [-0.25, -0.2) is 0 Å². The van der Waals surface area contributed by atoms with E-state index in [4.69, 9.17) is 5.73 Å². The maximum atomic E-state index is 5.58. The quantitative estimate of drug-likeness (QED) is 0.143. The first-order valence-electron chi connectivity index (χ1n) is 9.67. The number of pyridine rings is 1. The van der Waals surface area contributed by atoms with Crippen molar-refractivity contribution in [2.24, 2.45) is 5.73 Å². The van der Waals surface area contributed by atoms with Crippen LogP contribution in [0.1, 0.15) is 6.42 Å². The summed E-state index contributed by atoms with van der Waals surface area (Å²) in [5.74, 6) is 0. The minimum Gasteiger partial charge on any atom is -1.00 e. The van der Waals surface area contributed by atoms with Crippen molar-refractivity contribution in [3.63, 3.8) is 0 Å².